The number of halogens is 1. The van der Waals surface area contributed by atoms with Crippen LogP contribution in [0.4, 0.5) is 0 Å². The van der Waals surface area contributed by atoms with E-state index in [2.05, 4.69) is 15.9 Å². The van der Waals surface area contributed by atoms with Crippen LogP contribution in [0.2, 0.25) is 0 Å². The van der Waals surface area contributed by atoms with Crippen molar-refractivity contribution in [2.45, 2.75) is 26.7 Å². The lowest BCUT2D eigenvalue weighted by Gasteiger charge is -2.11. The van der Waals surface area contributed by atoms with Crippen LogP contribution < -0.4 is 4.74 Å². The largest absolute Gasteiger partial charge is 0.481 e. The molecule has 0 amide bonds. The van der Waals surface area contributed by atoms with Crippen molar-refractivity contribution < 1.29 is 19.1 Å². The number of carbonyl (C=O) groups is 2. The van der Waals surface area contributed by atoms with Crippen molar-refractivity contribution in [3.63, 3.8) is 0 Å². The molecule has 5 heteroatoms. The Morgan fingerprint density at radius 2 is 2.16 bits per heavy atom. The highest BCUT2D eigenvalue weighted by molar-refractivity contribution is 9.10. The number of hydrogen-bond donors (Lipinski definition) is 0. The van der Waals surface area contributed by atoms with Gasteiger partial charge < -0.3 is 9.47 Å². The first-order valence-electron chi connectivity index (χ1n) is 6.12. The van der Waals surface area contributed by atoms with Gasteiger partial charge in [-0.3, -0.25) is 4.79 Å². The summed E-state index contributed by atoms with van der Waals surface area (Å²) in [7, 11) is 0. The second-order valence-corrected chi connectivity index (χ2v) is 5.04. The molecule has 0 N–H and O–H groups in total. The van der Waals surface area contributed by atoms with Crippen LogP contribution in [0.25, 0.3) is 0 Å². The zero-order valence-corrected chi connectivity index (χ0v) is 12.7. The predicted octanol–water partition coefficient (Wildman–Crippen LogP) is 3.29. The van der Waals surface area contributed by atoms with E-state index in [-0.39, 0.29) is 6.61 Å². The second-order valence-electron chi connectivity index (χ2n) is 4.12. The molecule has 1 rings (SSSR count). The Kier molecular flexibility index (Phi) is 6.56. The van der Waals surface area contributed by atoms with Crippen LogP contribution in [0, 0.1) is 6.92 Å². The molecule has 1 aromatic rings. The molecule has 0 saturated carbocycles. The van der Waals surface area contributed by atoms with Crippen LogP contribution in [0.5, 0.6) is 5.75 Å². The van der Waals surface area contributed by atoms with Gasteiger partial charge in [-0.2, -0.15) is 0 Å². The molecule has 0 fully saturated rings. The van der Waals surface area contributed by atoms with Gasteiger partial charge in [0.15, 0.2) is 12.9 Å². The number of esters is 1. The van der Waals surface area contributed by atoms with Crippen LogP contribution in [-0.4, -0.2) is 25.5 Å². The van der Waals surface area contributed by atoms with E-state index in [1.54, 1.807) is 6.07 Å². The van der Waals surface area contributed by atoms with Crippen molar-refractivity contribution in [1.29, 1.82) is 0 Å². The SMILES string of the molecule is CCCCOC(=O)COc1c(C)cc(Br)cc1C=O. The summed E-state index contributed by atoms with van der Waals surface area (Å²) in [6.07, 6.45) is 2.51. The lowest BCUT2D eigenvalue weighted by molar-refractivity contribution is -0.146. The summed E-state index contributed by atoms with van der Waals surface area (Å²) in [4.78, 5) is 22.4. The van der Waals surface area contributed by atoms with Crippen molar-refractivity contribution in [1.82, 2.24) is 0 Å². The first-order chi connectivity index (χ1) is 9.08. The van der Waals surface area contributed by atoms with E-state index in [0.717, 1.165) is 22.9 Å². The van der Waals surface area contributed by atoms with Gasteiger partial charge in [0.25, 0.3) is 0 Å². The van der Waals surface area contributed by atoms with Gasteiger partial charge in [-0.15, -0.1) is 0 Å². The van der Waals surface area contributed by atoms with Crippen molar-refractivity contribution in [2.24, 2.45) is 0 Å². The van der Waals surface area contributed by atoms with Crippen molar-refractivity contribution in [2.75, 3.05) is 13.2 Å². The Morgan fingerprint density at radius 1 is 1.42 bits per heavy atom. The van der Waals surface area contributed by atoms with Crippen LogP contribution in [0.1, 0.15) is 35.7 Å². The average molecular weight is 329 g/mol. The summed E-state index contributed by atoms with van der Waals surface area (Å²) < 4.78 is 11.2. The molecular formula is C14H17BrO4. The van der Waals surface area contributed by atoms with Gasteiger partial charge in [0.05, 0.1) is 12.2 Å². The molecule has 19 heavy (non-hydrogen) atoms. The third-order valence-electron chi connectivity index (χ3n) is 2.49. The smallest absolute Gasteiger partial charge is 0.344 e. The molecule has 0 atom stereocenters. The lowest BCUT2D eigenvalue weighted by Crippen LogP contribution is -2.16. The fraction of sp³-hybridized carbons (Fsp3) is 0.429. The number of unbranched alkanes of at least 4 members (excludes halogenated alkanes) is 1. The zero-order valence-electron chi connectivity index (χ0n) is 11.1. The Bertz CT molecular complexity index is 457. The normalized spacial score (nSPS) is 10.1. The second kappa shape index (κ2) is 7.94. The Morgan fingerprint density at radius 3 is 2.79 bits per heavy atom. The summed E-state index contributed by atoms with van der Waals surface area (Å²) in [6.45, 7) is 4.05. The summed E-state index contributed by atoms with van der Waals surface area (Å²) in [6, 6.07) is 3.47. The summed E-state index contributed by atoms with van der Waals surface area (Å²) in [5.41, 5.74) is 1.20. The molecule has 0 aliphatic carbocycles. The van der Waals surface area contributed by atoms with Gasteiger partial charge in [-0.1, -0.05) is 29.3 Å². The minimum atomic E-state index is -0.424. The number of hydrogen-bond acceptors (Lipinski definition) is 4. The zero-order chi connectivity index (χ0) is 14.3. The Balaban J connectivity index is 2.62. The van der Waals surface area contributed by atoms with Crippen molar-refractivity contribution >= 4 is 28.2 Å². The van der Waals surface area contributed by atoms with Gasteiger partial charge in [-0.25, -0.2) is 4.79 Å². The van der Waals surface area contributed by atoms with E-state index < -0.39 is 5.97 Å². The highest BCUT2D eigenvalue weighted by Crippen LogP contribution is 2.26. The lowest BCUT2D eigenvalue weighted by atomic mass is 10.1. The first-order valence-corrected chi connectivity index (χ1v) is 6.91. The fourth-order valence-corrected chi connectivity index (χ4v) is 2.13. The van der Waals surface area contributed by atoms with Crippen molar-refractivity contribution in [3.8, 4) is 5.75 Å². The molecule has 0 aromatic heterocycles. The van der Waals surface area contributed by atoms with E-state index >= 15 is 0 Å². The standard InChI is InChI=1S/C14H17BrO4/c1-3-4-5-18-13(17)9-19-14-10(2)6-12(15)7-11(14)8-16/h6-8H,3-5,9H2,1-2H3. The maximum Gasteiger partial charge on any atom is 0.344 e. The van der Waals surface area contributed by atoms with Gasteiger partial charge in [0, 0.05) is 4.47 Å². The van der Waals surface area contributed by atoms with Crippen molar-refractivity contribution in [3.05, 3.63) is 27.7 Å². The average Bonchev–Trinajstić information content (AvgIpc) is 2.37. The molecule has 0 aliphatic rings. The van der Waals surface area contributed by atoms with E-state index in [1.807, 2.05) is 19.9 Å². The topological polar surface area (TPSA) is 52.6 Å². The third kappa shape index (κ3) is 5.03. The summed E-state index contributed by atoms with van der Waals surface area (Å²) in [5.74, 6) is -0.00161. The minimum absolute atomic E-state index is 0.187. The Hall–Kier alpha value is -1.36. The third-order valence-corrected chi connectivity index (χ3v) is 2.95. The number of rotatable bonds is 7. The first kappa shape index (κ1) is 15.7. The number of benzene rings is 1. The number of aryl methyl sites for hydroxylation is 1. The van der Waals surface area contributed by atoms with Crippen LogP contribution in [0.3, 0.4) is 0 Å². The summed E-state index contributed by atoms with van der Waals surface area (Å²) in [5, 5.41) is 0. The minimum Gasteiger partial charge on any atom is -0.481 e. The number of aldehydes is 1. The molecular weight excluding hydrogens is 312 g/mol. The highest BCUT2D eigenvalue weighted by atomic mass is 79.9. The molecule has 0 unspecified atom stereocenters. The maximum absolute atomic E-state index is 11.4. The predicted molar refractivity (Wildman–Crippen MR) is 75.6 cm³/mol. The van der Waals surface area contributed by atoms with Crippen LogP contribution in [0.15, 0.2) is 16.6 Å². The molecule has 1 aromatic carbocycles. The van der Waals surface area contributed by atoms with Gasteiger partial charge >= 0.3 is 5.97 Å². The van der Waals surface area contributed by atoms with Gasteiger partial charge in [0.2, 0.25) is 0 Å². The highest BCUT2D eigenvalue weighted by Gasteiger charge is 2.11. The number of carbonyl (C=O) groups excluding carboxylic acids is 2. The Labute approximate surface area is 121 Å². The monoisotopic (exact) mass is 328 g/mol. The summed E-state index contributed by atoms with van der Waals surface area (Å²) >= 11 is 3.30. The van der Waals surface area contributed by atoms with E-state index in [9.17, 15) is 9.59 Å². The van der Waals surface area contributed by atoms with Crippen LogP contribution in [-0.2, 0) is 9.53 Å². The number of ether oxygens (including phenoxy) is 2. The van der Waals surface area contributed by atoms with Crippen LogP contribution >= 0.6 is 15.9 Å². The molecule has 0 heterocycles. The van der Waals surface area contributed by atoms with Gasteiger partial charge in [0.1, 0.15) is 5.75 Å². The van der Waals surface area contributed by atoms with E-state index in [1.165, 1.54) is 0 Å². The molecule has 4 nitrogen and oxygen atoms in total. The molecule has 0 bridgehead atoms. The van der Waals surface area contributed by atoms with E-state index in [4.69, 9.17) is 9.47 Å². The molecule has 104 valence electrons. The maximum atomic E-state index is 11.4. The molecule has 0 aliphatic heterocycles. The van der Waals surface area contributed by atoms with E-state index in [0.29, 0.717) is 24.2 Å². The molecule has 0 saturated heterocycles. The fourth-order valence-electron chi connectivity index (χ4n) is 1.54. The quantitative estimate of drug-likeness (QED) is 0.438. The molecule has 0 spiro atoms. The molecule has 0 radical (unpaired) electrons. The van der Waals surface area contributed by atoms with Gasteiger partial charge in [-0.05, 0) is 31.0 Å².